The number of hydrogen-bond acceptors (Lipinski definition) is 3. The minimum absolute atomic E-state index is 0.213. The topological polar surface area (TPSA) is 66.4 Å². The molecule has 0 spiro atoms. The Kier molecular flexibility index (Phi) is 4.95. The summed E-state index contributed by atoms with van der Waals surface area (Å²) in [6, 6.07) is 4.90. The van der Waals surface area contributed by atoms with E-state index in [1.54, 1.807) is 18.4 Å². The number of rotatable bonds is 5. The molecule has 0 radical (unpaired) electrons. The van der Waals surface area contributed by atoms with Gasteiger partial charge in [-0.15, -0.1) is 0 Å². The summed E-state index contributed by atoms with van der Waals surface area (Å²) in [6.45, 7) is 0.486. The minimum atomic E-state index is -0.979. The van der Waals surface area contributed by atoms with Gasteiger partial charge in [-0.2, -0.15) is 0 Å². The third kappa shape index (κ3) is 3.94. The largest absolute Gasteiger partial charge is 0.478 e. The SMILES string of the molecule is CS(=O)CCNc1cc(Br)ccc1C(=O)O. The lowest BCUT2D eigenvalue weighted by Gasteiger charge is -2.09. The standard InChI is InChI=1S/C10H12BrNO3S/c1-16(15)5-4-12-9-6-7(11)2-3-8(9)10(13)14/h2-3,6,12H,4-5H2,1H3,(H,13,14). The zero-order chi connectivity index (χ0) is 12.1. The number of hydrogen-bond donors (Lipinski definition) is 2. The van der Waals surface area contributed by atoms with Crippen molar-refractivity contribution in [3.63, 3.8) is 0 Å². The number of halogens is 1. The zero-order valence-corrected chi connectivity index (χ0v) is 11.1. The molecule has 6 heteroatoms. The maximum absolute atomic E-state index is 10.9. The monoisotopic (exact) mass is 305 g/mol. The molecule has 0 fully saturated rings. The second-order valence-corrected chi connectivity index (χ2v) is 5.67. The van der Waals surface area contributed by atoms with Crippen LogP contribution in [-0.2, 0) is 10.8 Å². The second kappa shape index (κ2) is 6.00. The van der Waals surface area contributed by atoms with Gasteiger partial charge in [-0.05, 0) is 18.2 Å². The molecule has 0 heterocycles. The Hall–Kier alpha value is -0.880. The van der Waals surface area contributed by atoms with Crippen molar-refractivity contribution in [3.8, 4) is 0 Å². The van der Waals surface area contributed by atoms with E-state index in [-0.39, 0.29) is 5.56 Å². The van der Waals surface area contributed by atoms with Crippen molar-refractivity contribution in [1.29, 1.82) is 0 Å². The first-order valence-corrected chi connectivity index (χ1v) is 7.09. The summed E-state index contributed by atoms with van der Waals surface area (Å²) in [6.07, 6.45) is 1.61. The number of aromatic carboxylic acids is 1. The molecule has 1 rings (SSSR count). The smallest absolute Gasteiger partial charge is 0.337 e. The van der Waals surface area contributed by atoms with Gasteiger partial charge in [0.25, 0.3) is 0 Å². The van der Waals surface area contributed by atoms with E-state index in [0.29, 0.717) is 18.0 Å². The summed E-state index contributed by atoms with van der Waals surface area (Å²) in [5.74, 6) is -0.487. The molecule has 0 bridgehead atoms. The molecule has 2 N–H and O–H groups in total. The molecule has 0 saturated carbocycles. The van der Waals surface area contributed by atoms with Crippen LogP contribution >= 0.6 is 15.9 Å². The molecule has 0 aliphatic rings. The van der Waals surface area contributed by atoms with Gasteiger partial charge in [-0.3, -0.25) is 4.21 Å². The van der Waals surface area contributed by atoms with E-state index in [9.17, 15) is 9.00 Å². The Labute approximate surface area is 105 Å². The van der Waals surface area contributed by atoms with Gasteiger partial charge >= 0.3 is 5.97 Å². The maximum Gasteiger partial charge on any atom is 0.337 e. The zero-order valence-electron chi connectivity index (χ0n) is 8.70. The first-order chi connectivity index (χ1) is 7.50. The molecule has 1 aromatic rings. The summed E-state index contributed by atoms with van der Waals surface area (Å²) < 4.78 is 11.7. The first kappa shape index (κ1) is 13.2. The van der Waals surface area contributed by atoms with Gasteiger partial charge in [0.2, 0.25) is 0 Å². The Morgan fingerprint density at radius 2 is 2.25 bits per heavy atom. The van der Waals surface area contributed by atoms with Crippen LogP contribution in [0.4, 0.5) is 5.69 Å². The lowest BCUT2D eigenvalue weighted by Crippen LogP contribution is -2.12. The van der Waals surface area contributed by atoms with E-state index < -0.39 is 16.8 Å². The Bertz CT molecular complexity index is 423. The van der Waals surface area contributed by atoms with Crippen molar-refractivity contribution in [2.75, 3.05) is 23.9 Å². The molecule has 4 nitrogen and oxygen atoms in total. The van der Waals surface area contributed by atoms with Crippen LogP contribution in [0.1, 0.15) is 10.4 Å². The van der Waals surface area contributed by atoms with E-state index in [0.717, 1.165) is 4.47 Å². The van der Waals surface area contributed by atoms with Gasteiger partial charge < -0.3 is 10.4 Å². The fourth-order valence-corrected chi connectivity index (χ4v) is 1.93. The Morgan fingerprint density at radius 3 is 2.81 bits per heavy atom. The van der Waals surface area contributed by atoms with E-state index in [1.165, 1.54) is 6.07 Å². The molecular formula is C10H12BrNO3S. The predicted molar refractivity (Wildman–Crippen MR) is 68.5 cm³/mol. The highest BCUT2D eigenvalue weighted by atomic mass is 79.9. The summed E-state index contributed by atoms with van der Waals surface area (Å²) in [5, 5.41) is 11.9. The first-order valence-electron chi connectivity index (χ1n) is 4.57. The van der Waals surface area contributed by atoms with Crippen LogP contribution in [0.5, 0.6) is 0 Å². The number of nitrogens with one attached hydrogen (secondary N) is 1. The van der Waals surface area contributed by atoms with Crippen molar-refractivity contribution >= 4 is 38.4 Å². The fourth-order valence-electron chi connectivity index (χ4n) is 1.18. The number of carbonyl (C=O) groups is 1. The highest BCUT2D eigenvalue weighted by Gasteiger charge is 2.09. The van der Waals surface area contributed by atoms with Crippen LogP contribution in [0, 0.1) is 0 Å². The third-order valence-electron chi connectivity index (χ3n) is 1.92. The normalized spacial score (nSPS) is 12.1. The van der Waals surface area contributed by atoms with Crippen LogP contribution in [0.2, 0.25) is 0 Å². The van der Waals surface area contributed by atoms with Crippen LogP contribution in [0.25, 0.3) is 0 Å². The maximum atomic E-state index is 10.9. The highest BCUT2D eigenvalue weighted by molar-refractivity contribution is 9.10. The average Bonchev–Trinajstić information content (AvgIpc) is 2.16. The van der Waals surface area contributed by atoms with Crippen LogP contribution in [0.15, 0.2) is 22.7 Å². The number of carboxylic acid groups (broad SMARTS) is 1. The van der Waals surface area contributed by atoms with Crippen LogP contribution in [-0.4, -0.2) is 33.8 Å². The second-order valence-electron chi connectivity index (χ2n) is 3.20. The van der Waals surface area contributed by atoms with Gasteiger partial charge in [0.15, 0.2) is 0 Å². The Morgan fingerprint density at radius 1 is 1.56 bits per heavy atom. The molecular weight excluding hydrogens is 294 g/mol. The molecule has 16 heavy (non-hydrogen) atoms. The highest BCUT2D eigenvalue weighted by Crippen LogP contribution is 2.21. The predicted octanol–water partition coefficient (Wildman–Crippen LogP) is 1.94. The molecule has 0 aliphatic heterocycles. The molecule has 0 saturated heterocycles. The average molecular weight is 306 g/mol. The molecule has 0 aromatic heterocycles. The number of anilines is 1. The quantitative estimate of drug-likeness (QED) is 0.872. The fraction of sp³-hybridized carbons (Fsp3) is 0.300. The molecule has 0 aliphatic carbocycles. The van der Waals surface area contributed by atoms with Crippen molar-refractivity contribution in [1.82, 2.24) is 0 Å². The van der Waals surface area contributed by atoms with Gasteiger partial charge in [0.05, 0.1) is 5.56 Å². The summed E-state index contributed by atoms with van der Waals surface area (Å²) >= 11 is 3.27. The van der Waals surface area contributed by atoms with E-state index in [2.05, 4.69) is 21.2 Å². The summed E-state index contributed by atoms with van der Waals surface area (Å²) in [4.78, 5) is 10.9. The summed E-state index contributed by atoms with van der Waals surface area (Å²) in [5.41, 5.74) is 0.748. The number of benzene rings is 1. The third-order valence-corrected chi connectivity index (χ3v) is 3.19. The molecule has 88 valence electrons. The van der Waals surface area contributed by atoms with Gasteiger partial charge in [-0.1, -0.05) is 15.9 Å². The van der Waals surface area contributed by atoms with E-state index in [4.69, 9.17) is 5.11 Å². The van der Waals surface area contributed by atoms with Crippen molar-refractivity contribution in [2.24, 2.45) is 0 Å². The lowest BCUT2D eigenvalue weighted by atomic mass is 10.2. The van der Waals surface area contributed by atoms with E-state index in [1.807, 2.05) is 0 Å². The van der Waals surface area contributed by atoms with Gasteiger partial charge in [0, 0.05) is 39.5 Å². The molecule has 1 atom stereocenters. The summed E-state index contributed by atoms with van der Waals surface area (Å²) in [7, 11) is -0.884. The van der Waals surface area contributed by atoms with Crippen molar-refractivity contribution in [2.45, 2.75) is 0 Å². The van der Waals surface area contributed by atoms with Crippen LogP contribution in [0.3, 0.4) is 0 Å². The molecule has 1 aromatic carbocycles. The van der Waals surface area contributed by atoms with Crippen molar-refractivity contribution < 1.29 is 14.1 Å². The van der Waals surface area contributed by atoms with Gasteiger partial charge in [0.1, 0.15) is 0 Å². The number of carboxylic acids is 1. The molecule has 1 unspecified atom stereocenters. The molecule has 0 amide bonds. The van der Waals surface area contributed by atoms with Crippen molar-refractivity contribution in [3.05, 3.63) is 28.2 Å². The minimum Gasteiger partial charge on any atom is -0.478 e. The van der Waals surface area contributed by atoms with Gasteiger partial charge in [-0.25, -0.2) is 4.79 Å². The lowest BCUT2D eigenvalue weighted by molar-refractivity contribution is 0.0698. The van der Waals surface area contributed by atoms with E-state index >= 15 is 0 Å². The van der Waals surface area contributed by atoms with Crippen LogP contribution < -0.4 is 5.32 Å². The Balaban J connectivity index is 2.80.